The van der Waals surface area contributed by atoms with Gasteiger partial charge >= 0.3 is 5.97 Å². The van der Waals surface area contributed by atoms with Crippen LogP contribution in [0.4, 0.5) is 0 Å². The molecule has 0 radical (unpaired) electrons. The lowest BCUT2D eigenvalue weighted by Crippen LogP contribution is -2.07. The van der Waals surface area contributed by atoms with E-state index in [9.17, 15) is 4.79 Å². The Morgan fingerprint density at radius 2 is 2.50 bits per heavy atom. The Morgan fingerprint density at radius 3 is 3.08 bits per heavy atom. The van der Waals surface area contributed by atoms with Crippen molar-refractivity contribution in [3.05, 3.63) is 0 Å². The topological polar surface area (TPSA) is 35.5 Å². The molecule has 3 nitrogen and oxygen atoms in total. The van der Waals surface area contributed by atoms with Crippen LogP contribution in [0.2, 0.25) is 0 Å². The Morgan fingerprint density at radius 1 is 1.67 bits per heavy atom. The van der Waals surface area contributed by atoms with Crippen LogP contribution in [0, 0.1) is 5.92 Å². The van der Waals surface area contributed by atoms with Gasteiger partial charge in [-0.15, -0.1) is 0 Å². The zero-order valence-corrected chi connectivity index (χ0v) is 7.54. The number of rotatable bonds is 4. The van der Waals surface area contributed by atoms with Crippen molar-refractivity contribution in [2.24, 2.45) is 5.92 Å². The summed E-state index contributed by atoms with van der Waals surface area (Å²) in [5.41, 5.74) is 0. The molecule has 0 spiro atoms. The molecule has 3 heteroatoms. The largest absolute Gasteiger partial charge is 0.466 e. The fourth-order valence-corrected chi connectivity index (χ4v) is 1.37. The first-order valence-electron chi connectivity index (χ1n) is 4.56. The van der Waals surface area contributed by atoms with Gasteiger partial charge in [-0.1, -0.05) is 0 Å². The smallest absolute Gasteiger partial charge is 0.305 e. The molecular weight excluding hydrogens is 156 g/mol. The molecule has 1 aliphatic heterocycles. The van der Waals surface area contributed by atoms with Gasteiger partial charge in [0.2, 0.25) is 0 Å². The van der Waals surface area contributed by atoms with Crippen molar-refractivity contribution in [2.45, 2.75) is 26.2 Å². The Balaban J connectivity index is 2.03. The number of ether oxygens (including phenoxy) is 2. The molecule has 0 aliphatic carbocycles. The maximum atomic E-state index is 10.9. The molecule has 1 heterocycles. The molecule has 70 valence electrons. The fourth-order valence-electron chi connectivity index (χ4n) is 1.37. The lowest BCUT2D eigenvalue weighted by Gasteiger charge is -2.05. The minimum atomic E-state index is -0.0793. The highest BCUT2D eigenvalue weighted by molar-refractivity contribution is 5.69. The van der Waals surface area contributed by atoms with E-state index in [2.05, 4.69) is 0 Å². The van der Waals surface area contributed by atoms with Crippen molar-refractivity contribution in [3.8, 4) is 0 Å². The van der Waals surface area contributed by atoms with Crippen molar-refractivity contribution in [1.29, 1.82) is 0 Å². The van der Waals surface area contributed by atoms with Crippen LogP contribution in [-0.4, -0.2) is 25.8 Å². The average molecular weight is 172 g/mol. The van der Waals surface area contributed by atoms with E-state index in [0.717, 1.165) is 26.1 Å². The van der Waals surface area contributed by atoms with E-state index in [1.807, 2.05) is 6.92 Å². The standard InChI is InChI=1S/C9H16O3/c1-2-12-9(10)4-3-8-5-6-11-7-8/h8H,2-7H2,1H3/t8-/m0/s1. The summed E-state index contributed by atoms with van der Waals surface area (Å²) in [6, 6.07) is 0. The number of carbonyl (C=O) groups is 1. The fraction of sp³-hybridized carbons (Fsp3) is 0.889. The maximum absolute atomic E-state index is 10.9. The second-order valence-corrected chi connectivity index (χ2v) is 3.07. The van der Waals surface area contributed by atoms with Gasteiger partial charge in [-0.05, 0) is 25.7 Å². The summed E-state index contributed by atoms with van der Waals surface area (Å²) in [5, 5.41) is 0. The molecule has 1 rings (SSSR count). The quantitative estimate of drug-likeness (QED) is 0.601. The van der Waals surface area contributed by atoms with Crippen LogP contribution in [0.3, 0.4) is 0 Å². The van der Waals surface area contributed by atoms with E-state index in [4.69, 9.17) is 9.47 Å². The first-order chi connectivity index (χ1) is 5.83. The van der Waals surface area contributed by atoms with Crippen molar-refractivity contribution in [3.63, 3.8) is 0 Å². The third-order valence-electron chi connectivity index (χ3n) is 2.09. The molecule has 0 aromatic rings. The van der Waals surface area contributed by atoms with Crippen molar-refractivity contribution < 1.29 is 14.3 Å². The summed E-state index contributed by atoms with van der Waals surface area (Å²) < 4.78 is 10.0. The van der Waals surface area contributed by atoms with Crippen LogP contribution in [-0.2, 0) is 14.3 Å². The number of hydrogen-bond donors (Lipinski definition) is 0. The second-order valence-electron chi connectivity index (χ2n) is 3.07. The molecular formula is C9H16O3. The predicted molar refractivity (Wildman–Crippen MR) is 44.8 cm³/mol. The molecule has 0 bridgehead atoms. The number of hydrogen-bond acceptors (Lipinski definition) is 3. The molecule has 0 aromatic heterocycles. The molecule has 0 N–H and O–H groups in total. The van der Waals surface area contributed by atoms with Gasteiger partial charge in [0, 0.05) is 19.6 Å². The predicted octanol–water partition coefficient (Wildman–Crippen LogP) is 1.37. The van der Waals surface area contributed by atoms with E-state index < -0.39 is 0 Å². The van der Waals surface area contributed by atoms with Crippen molar-refractivity contribution >= 4 is 5.97 Å². The summed E-state index contributed by atoms with van der Waals surface area (Å²) in [6.07, 6.45) is 2.56. The van der Waals surface area contributed by atoms with Crippen LogP contribution in [0.1, 0.15) is 26.2 Å². The van der Waals surface area contributed by atoms with Gasteiger partial charge in [0.25, 0.3) is 0 Å². The maximum Gasteiger partial charge on any atom is 0.305 e. The van der Waals surface area contributed by atoms with E-state index in [1.165, 1.54) is 0 Å². The van der Waals surface area contributed by atoms with Crippen LogP contribution >= 0.6 is 0 Å². The van der Waals surface area contributed by atoms with Gasteiger partial charge in [0.15, 0.2) is 0 Å². The zero-order chi connectivity index (χ0) is 8.81. The highest BCUT2D eigenvalue weighted by Gasteiger charge is 2.16. The molecule has 0 saturated carbocycles. The molecule has 1 saturated heterocycles. The Kier molecular flexibility index (Phi) is 4.08. The van der Waals surface area contributed by atoms with Gasteiger partial charge < -0.3 is 9.47 Å². The minimum Gasteiger partial charge on any atom is -0.466 e. The van der Waals surface area contributed by atoms with Gasteiger partial charge in [-0.3, -0.25) is 4.79 Å². The number of esters is 1. The second kappa shape index (κ2) is 5.14. The third-order valence-corrected chi connectivity index (χ3v) is 2.09. The van der Waals surface area contributed by atoms with Crippen LogP contribution in [0.25, 0.3) is 0 Å². The molecule has 12 heavy (non-hydrogen) atoms. The van der Waals surface area contributed by atoms with E-state index >= 15 is 0 Å². The minimum absolute atomic E-state index is 0.0793. The summed E-state index contributed by atoms with van der Waals surface area (Å²) in [4.78, 5) is 10.9. The van der Waals surface area contributed by atoms with Crippen molar-refractivity contribution in [2.75, 3.05) is 19.8 Å². The van der Waals surface area contributed by atoms with Gasteiger partial charge in [-0.25, -0.2) is 0 Å². The lowest BCUT2D eigenvalue weighted by atomic mass is 10.0. The zero-order valence-electron chi connectivity index (χ0n) is 7.54. The van der Waals surface area contributed by atoms with Gasteiger partial charge in [0.05, 0.1) is 6.61 Å². The van der Waals surface area contributed by atoms with Crippen LogP contribution in [0.5, 0.6) is 0 Å². The molecule has 1 atom stereocenters. The van der Waals surface area contributed by atoms with E-state index in [-0.39, 0.29) is 5.97 Å². The lowest BCUT2D eigenvalue weighted by molar-refractivity contribution is -0.143. The van der Waals surface area contributed by atoms with E-state index in [0.29, 0.717) is 18.9 Å². The summed E-state index contributed by atoms with van der Waals surface area (Å²) in [6.45, 7) is 3.99. The molecule has 0 unspecified atom stereocenters. The van der Waals surface area contributed by atoms with E-state index in [1.54, 1.807) is 0 Å². The summed E-state index contributed by atoms with van der Waals surface area (Å²) in [7, 11) is 0. The highest BCUT2D eigenvalue weighted by atomic mass is 16.5. The molecule has 1 fully saturated rings. The monoisotopic (exact) mass is 172 g/mol. The van der Waals surface area contributed by atoms with Crippen molar-refractivity contribution in [1.82, 2.24) is 0 Å². The SMILES string of the molecule is CCOC(=O)CC[C@H]1CCOC1. The summed E-state index contributed by atoms with van der Waals surface area (Å²) in [5.74, 6) is 0.499. The Bertz CT molecular complexity index is 139. The van der Waals surface area contributed by atoms with Gasteiger partial charge in [0.1, 0.15) is 0 Å². The molecule has 0 aromatic carbocycles. The average Bonchev–Trinajstić information content (AvgIpc) is 2.53. The first kappa shape index (κ1) is 9.52. The van der Waals surface area contributed by atoms with Gasteiger partial charge in [-0.2, -0.15) is 0 Å². The normalized spacial score (nSPS) is 22.6. The van der Waals surface area contributed by atoms with Crippen LogP contribution in [0.15, 0.2) is 0 Å². The Hall–Kier alpha value is -0.570. The number of carbonyl (C=O) groups excluding carboxylic acids is 1. The molecule has 0 amide bonds. The van der Waals surface area contributed by atoms with Crippen LogP contribution < -0.4 is 0 Å². The highest BCUT2D eigenvalue weighted by Crippen LogP contribution is 2.17. The first-order valence-corrected chi connectivity index (χ1v) is 4.56. The Labute approximate surface area is 73.0 Å². The molecule has 1 aliphatic rings. The summed E-state index contributed by atoms with van der Waals surface area (Å²) >= 11 is 0. The third kappa shape index (κ3) is 3.22.